The molecule has 1 heterocycles. The van der Waals surface area contributed by atoms with E-state index >= 15 is 0 Å². The minimum atomic E-state index is -0.461. The van der Waals surface area contributed by atoms with Crippen molar-refractivity contribution >= 4 is 23.1 Å². The molecule has 1 aromatic heterocycles. The fourth-order valence-corrected chi connectivity index (χ4v) is 2.47. The van der Waals surface area contributed by atoms with Gasteiger partial charge in [0.1, 0.15) is 5.75 Å². The van der Waals surface area contributed by atoms with Crippen LogP contribution in [0.25, 0.3) is 17.2 Å². The number of hydrogen-bond donors (Lipinski definition) is 1. The van der Waals surface area contributed by atoms with Crippen LogP contribution in [-0.2, 0) is 11.3 Å². The number of methoxy groups -OCH3 is 1. The molecule has 0 atom stereocenters. The fourth-order valence-electron chi connectivity index (χ4n) is 2.47. The number of nitrogens with zero attached hydrogens (tertiary/aromatic N) is 1. The number of carbonyl (C=O) groups is 1. The molecule has 128 valence electrons. The summed E-state index contributed by atoms with van der Waals surface area (Å²) < 4.78 is 11.8. The normalized spacial score (nSPS) is 11.1. The molecule has 6 nitrogen and oxygen atoms in total. The third kappa shape index (κ3) is 3.98. The molecular formula is C19H18N2O4. The predicted octanol–water partition coefficient (Wildman–Crippen LogP) is 2.43. The first-order chi connectivity index (χ1) is 12.2. The second-order valence-electron chi connectivity index (χ2n) is 5.39. The lowest BCUT2D eigenvalue weighted by atomic mass is 10.2. The highest BCUT2D eigenvalue weighted by Gasteiger charge is 2.10. The smallest absolute Gasteiger partial charge is 0.420 e. The number of hydrogen-bond acceptors (Lipinski definition) is 4. The Kier molecular flexibility index (Phi) is 4.99. The number of amides is 1. The predicted molar refractivity (Wildman–Crippen MR) is 95.5 cm³/mol. The Morgan fingerprint density at radius 3 is 2.80 bits per heavy atom. The van der Waals surface area contributed by atoms with Crippen molar-refractivity contribution in [2.45, 2.75) is 6.54 Å². The first-order valence-corrected chi connectivity index (χ1v) is 7.86. The zero-order valence-electron chi connectivity index (χ0n) is 13.8. The summed E-state index contributed by atoms with van der Waals surface area (Å²) in [6.07, 6.45) is 3.21. The van der Waals surface area contributed by atoms with Crippen molar-refractivity contribution in [3.8, 4) is 5.75 Å². The number of aromatic nitrogens is 1. The lowest BCUT2D eigenvalue weighted by Gasteiger charge is -2.04. The maximum absolute atomic E-state index is 12.0. The van der Waals surface area contributed by atoms with Gasteiger partial charge in [-0.25, -0.2) is 4.79 Å². The average Bonchev–Trinajstić information content (AvgIpc) is 2.95. The van der Waals surface area contributed by atoms with Gasteiger partial charge in [-0.1, -0.05) is 30.3 Å². The molecule has 3 rings (SSSR count). The lowest BCUT2D eigenvalue weighted by molar-refractivity contribution is -0.116. The van der Waals surface area contributed by atoms with Crippen LogP contribution < -0.4 is 15.8 Å². The Balaban J connectivity index is 1.61. The van der Waals surface area contributed by atoms with Gasteiger partial charge in [0.15, 0.2) is 5.58 Å². The molecule has 1 N–H and O–H groups in total. The highest BCUT2D eigenvalue weighted by Crippen LogP contribution is 2.19. The van der Waals surface area contributed by atoms with E-state index in [-0.39, 0.29) is 5.91 Å². The third-order valence-electron chi connectivity index (χ3n) is 3.74. The van der Waals surface area contributed by atoms with Crippen LogP contribution in [0, 0.1) is 0 Å². The Morgan fingerprint density at radius 1 is 1.24 bits per heavy atom. The summed E-state index contributed by atoms with van der Waals surface area (Å²) in [5, 5.41) is 2.75. The third-order valence-corrected chi connectivity index (χ3v) is 3.74. The summed E-state index contributed by atoms with van der Waals surface area (Å²) in [5.41, 5.74) is 2.07. The fraction of sp³-hybridized carbons (Fsp3) is 0.158. The van der Waals surface area contributed by atoms with Crippen LogP contribution in [-0.4, -0.2) is 24.1 Å². The topological polar surface area (TPSA) is 73.5 Å². The summed E-state index contributed by atoms with van der Waals surface area (Å²) in [7, 11) is 1.55. The van der Waals surface area contributed by atoms with Crippen molar-refractivity contribution < 1.29 is 13.9 Å². The summed E-state index contributed by atoms with van der Waals surface area (Å²) >= 11 is 0. The van der Waals surface area contributed by atoms with E-state index in [1.54, 1.807) is 31.4 Å². The van der Waals surface area contributed by atoms with Gasteiger partial charge in [0.2, 0.25) is 5.91 Å². The minimum absolute atomic E-state index is 0.216. The number of ether oxygens (including phenoxy) is 1. The Bertz CT molecular complexity index is 954. The van der Waals surface area contributed by atoms with Crippen molar-refractivity contribution in [3.05, 3.63) is 70.7 Å². The largest absolute Gasteiger partial charge is 0.497 e. The zero-order valence-corrected chi connectivity index (χ0v) is 13.8. The molecule has 0 radical (unpaired) electrons. The minimum Gasteiger partial charge on any atom is -0.497 e. The van der Waals surface area contributed by atoms with Gasteiger partial charge in [-0.15, -0.1) is 0 Å². The summed E-state index contributed by atoms with van der Waals surface area (Å²) in [5.74, 6) is -0.0588. The maximum Gasteiger partial charge on any atom is 0.420 e. The second kappa shape index (κ2) is 7.53. The molecule has 0 aliphatic carbocycles. The molecule has 2 aromatic carbocycles. The average molecular weight is 338 g/mol. The van der Waals surface area contributed by atoms with Gasteiger partial charge in [-0.3, -0.25) is 9.36 Å². The second-order valence-corrected chi connectivity index (χ2v) is 5.39. The number of oxazole rings is 1. The van der Waals surface area contributed by atoms with E-state index in [1.165, 1.54) is 10.6 Å². The molecule has 0 saturated heterocycles. The van der Waals surface area contributed by atoms with E-state index in [0.717, 1.165) is 5.56 Å². The van der Waals surface area contributed by atoms with Crippen molar-refractivity contribution in [2.75, 3.05) is 13.7 Å². The van der Waals surface area contributed by atoms with Crippen LogP contribution in [0.4, 0.5) is 0 Å². The molecule has 0 spiro atoms. The maximum atomic E-state index is 12.0. The van der Waals surface area contributed by atoms with Gasteiger partial charge in [0.25, 0.3) is 0 Å². The molecule has 1 amide bonds. The van der Waals surface area contributed by atoms with E-state index in [4.69, 9.17) is 9.15 Å². The molecule has 0 aliphatic heterocycles. The van der Waals surface area contributed by atoms with Crippen LogP contribution in [0.15, 0.2) is 63.8 Å². The number of rotatable bonds is 6. The van der Waals surface area contributed by atoms with Gasteiger partial charge >= 0.3 is 5.76 Å². The first kappa shape index (κ1) is 16.6. The summed E-state index contributed by atoms with van der Waals surface area (Å²) in [4.78, 5) is 23.8. The van der Waals surface area contributed by atoms with Crippen LogP contribution >= 0.6 is 0 Å². The standard InChI is InChI=1S/C19H18N2O4/c1-24-15-8-9-16-17(13-15)25-19(23)21(16)12-11-20-18(22)10-7-14-5-3-2-4-6-14/h2-10,13H,11-12H2,1H3,(H,20,22)/b10-7+. The Labute approximate surface area is 144 Å². The number of fused-ring (bicyclic) bond motifs is 1. The van der Waals surface area contributed by atoms with Crippen LogP contribution in [0.1, 0.15) is 5.56 Å². The molecule has 0 fully saturated rings. The first-order valence-electron chi connectivity index (χ1n) is 7.86. The lowest BCUT2D eigenvalue weighted by Crippen LogP contribution is -2.28. The Morgan fingerprint density at radius 2 is 2.04 bits per heavy atom. The van der Waals surface area contributed by atoms with Crippen LogP contribution in [0.3, 0.4) is 0 Å². The zero-order chi connectivity index (χ0) is 17.6. The van der Waals surface area contributed by atoms with Gasteiger partial charge < -0.3 is 14.5 Å². The van der Waals surface area contributed by atoms with Crippen molar-refractivity contribution in [1.82, 2.24) is 9.88 Å². The number of nitrogens with one attached hydrogen (secondary N) is 1. The molecule has 3 aromatic rings. The highest BCUT2D eigenvalue weighted by atomic mass is 16.5. The van der Waals surface area contributed by atoms with Crippen LogP contribution in [0.5, 0.6) is 5.75 Å². The van der Waals surface area contributed by atoms with Gasteiger partial charge in [-0.05, 0) is 23.8 Å². The molecule has 25 heavy (non-hydrogen) atoms. The SMILES string of the molecule is COc1ccc2c(c1)oc(=O)n2CCNC(=O)/C=C/c1ccccc1. The molecule has 0 bridgehead atoms. The van der Waals surface area contributed by atoms with E-state index in [0.29, 0.717) is 29.9 Å². The van der Waals surface area contributed by atoms with Crippen molar-refractivity contribution in [1.29, 1.82) is 0 Å². The van der Waals surface area contributed by atoms with Gasteiger partial charge in [0.05, 0.1) is 12.6 Å². The van der Waals surface area contributed by atoms with E-state index in [9.17, 15) is 9.59 Å². The highest BCUT2D eigenvalue weighted by molar-refractivity contribution is 5.91. The van der Waals surface area contributed by atoms with Crippen molar-refractivity contribution in [2.24, 2.45) is 0 Å². The van der Waals surface area contributed by atoms with Gasteiger partial charge in [-0.2, -0.15) is 0 Å². The number of benzene rings is 2. The summed E-state index contributed by atoms with van der Waals surface area (Å²) in [6, 6.07) is 14.7. The van der Waals surface area contributed by atoms with E-state index in [2.05, 4.69) is 5.32 Å². The van der Waals surface area contributed by atoms with Crippen molar-refractivity contribution in [3.63, 3.8) is 0 Å². The molecule has 6 heteroatoms. The molecule has 0 unspecified atom stereocenters. The summed E-state index contributed by atoms with van der Waals surface area (Å²) in [6.45, 7) is 0.640. The molecule has 0 aliphatic rings. The quantitative estimate of drug-likeness (QED) is 0.701. The van der Waals surface area contributed by atoms with Crippen LogP contribution in [0.2, 0.25) is 0 Å². The van der Waals surface area contributed by atoms with E-state index < -0.39 is 5.76 Å². The molecule has 0 saturated carbocycles. The number of carbonyl (C=O) groups excluding carboxylic acids is 1. The van der Waals surface area contributed by atoms with Gasteiger partial charge in [0, 0.05) is 25.2 Å². The monoisotopic (exact) mass is 338 g/mol. The van der Waals surface area contributed by atoms with E-state index in [1.807, 2.05) is 30.3 Å². The molecular weight excluding hydrogens is 320 g/mol. The Hall–Kier alpha value is -3.28.